The number of carbonyl (C=O) groups is 1. The molecule has 0 heterocycles. The molecule has 0 bridgehead atoms. The van der Waals surface area contributed by atoms with Gasteiger partial charge in [-0.05, 0) is 72.5 Å². The van der Waals surface area contributed by atoms with Crippen LogP contribution in [0, 0.1) is 11.3 Å². The number of aryl methyl sites for hydroxylation is 1. The number of hydrogen-bond acceptors (Lipinski definition) is 4. The molecule has 0 spiro atoms. The molecular formula is C27H23BrCl2N2O3. The van der Waals surface area contributed by atoms with Crippen LogP contribution >= 0.6 is 39.1 Å². The lowest BCUT2D eigenvalue weighted by Crippen LogP contribution is -2.13. The van der Waals surface area contributed by atoms with E-state index in [1.54, 1.807) is 24.3 Å². The molecule has 0 atom stereocenters. The van der Waals surface area contributed by atoms with Gasteiger partial charge in [0.25, 0.3) is 5.91 Å². The molecule has 0 aliphatic carbocycles. The number of ether oxygens (including phenoxy) is 2. The van der Waals surface area contributed by atoms with Crippen molar-refractivity contribution < 1.29 is 14.3 Å². The minimum absolute atomic E-state index is 0.0443. The SMILES string of the molecule is CCOc1cc(/C=C(\C#N)C(=O)Nc2ccc(CC)cc2)c(Br)cc1OCc1ccc(Cl)c(Cl)c1. The van der Waals surface area contributed by atoms with E-state index in [1.807, 2.05) is 43.3 Å². The Bertz CT molecular complexity index is 1280. The van der Waals surface area contributed by atoms with Crippen molar-refractivity contribution in [1.82, 2.24) is 0 Å². The zero-order valence-electron chi connectivity index (χ0n) is 19.2. The largest absolute Gasteiger partial charge is 0.490 e. The van der Waals surface area contributed by atoms with E-state index in [0.29, 0.717) is 43.9 Å². The van der Waals surface area contributed by atoms with Crippen molar-refractivity contribution in [3.8, 4) is 17.6 Å². The van der Waals surface area contributed by atoms with Gasteiger partial charge >= 0.3 is 0 Å². The van der Waals surface area contributed by atoms with E-state index < -0.39 is 5.91 Å². The number of nitrogens with zero attached hydrogens (tertiary/aromatic N) is 1. The first-order chi connectivity index (χ1) is 16.8. The van der Waals surface area contributed by atoms with Crippen LogP contribution < -0.4 is 14.8 Å². The van der Waals surface area contributed by atoms with Crippen molar-refractivity contribution in [2.75, 3.05) is 11.9 Å². The third-order valence-electron chi connectivity index (χ3n) is 5.03. The molecular weight excluding hydrogens is 551 g/mol. The Hall–Kier alpha value is -2.98. The molecule has 3 rings (SSSR count). The summed E-state index contributed by atoms with van der Waals surface area (Å²) in [6.45, 7) is 4.58. The fourth-order valence-corrected chi connectivity index (χ4v) is 3.92. The van der Waals surface area contributed by atoms with Gasteiger partial charge in [-0.3, -0.25) is 4.79 Å². The van der Waals surface area contributed by atoms with E-state index in [9.17, 15) is 10.1 Å². The van der Waals surface area contributed by atoms with Crippen LogP contribution in [0.5, 0.6) is 11.5 Å². The predicted octanol–water partition coefficient (Wildman–Crippen LogP) is 7.84. The highest BCUT2D eigenvalue weighted by molar-refractivity contribution is 9.10. The third-order valence-corrected chi connectivity index (χ3v) is 6.45. The molecule has 0 fully saturated rings. The maximum atomic E-state index is 12.7. The Morgan fingerprint density at radius 3 is 2.31 bits per heavy atom. The van der Waals surface area contributed by atoms with E-state index in [-0.39, 0.29) is 12.2 Å². The second-order valence-electron chi connectivity index (χ2n) is 7.47. The van der Waals surface area contributed by atoms with Crippen LogP contribution in [0.3, 0.4) is 0 Å². The molecule has 0 radical (unpaired) electrons. The Morgan fingerprint density at radius 2 is 1.69 bits per heavy atom. The van der Waals surface area contributed by atoms with Crippen LogP contribution in [0.25, 0.3) is 6.08 Å². The second-order valence-corrected chi connectivity index (χ2v) is 9.13. The summed E-state index contributed by atoms with van der Waals surface area (Å²) in [4.78, 5) is 12.7. The lowest BCUT2D eigenvalue weighted by Gasteiger charge is -2.14. The van der Waals surface area contributed by atoms with E-state index in [2.05, 4.69) is 28.2 Å². The molecule has 5 nitrogen and oxygen atoms in total. The quantitative estimate of drug-likeness (QED) is 0.209. The highest BCUT2D eigenvalue weighted by atomic mass is 79.9. The van der Waals surface area contributed by atoms with Crippen molar-refractivity contribution in [2.24, 2.45) is 0 Å². The molecule has 0 saturated carbocycles. The van der Waals surface area contributed by atoms with Crippen LogP contribution in [0.4, 0.5) is 5.69 Å². The molecule has 8 heteroatoms. The van der Waals surface area contributed by atoms with Gasteiger partial charge in [-0.1, -0.05) is 64.3 Å². The summed E-state index contributed by atoms with van der Waals surface area (Å²) in [5, 5.41) is 13.3. The minimum Gasteiger partial charge on any atom is -0.490 e. The number of rotatable bonds is 9. The van der Waals surface area contributed by atoms with Crippen molar-refractivity contribution in [3.63, 3.8) is 0 Å². The van der Waals surface area contributed by atoms with Crippen LogP contribution in [0.2, 0.25) is 10.0 Å². The van der Waals surface area contributed by atoms with E-state index in [0.717, 1.165) is 17.5 Å². The zero-order valence-corrected chi connectivity index (χ0v) is 22.3. The van der Waals surface area contributed by atoms with Gasteiger partial charge in [0.05, 0.1) is 16.7 Å². The van der Waals surface area contributed by atoms with Crippen LogP contribution in [0.1, 0.15) is 30.5 Å². The van der Waals surface area contributed by atoms with Crippen LogP contribution in [-0.2, 0) is 17.8 Å². The fourth-order valence-electron chi connectivity index (χ4n) is 3.16. The van der Waals surface area contributed by atoms with Gasteiger partial charge in [0, 0.05) is 10.2 Å². The average molecular weight is 574 g/mol. The highest BCUT2D eigenvalue weighted by Gasteiger charge is 2.15. The summed E-state index contributed by atoms with van der Waals surface area (Å²) in [6, 6.07) is 18.2. The lowest BCUT2D eigenvalue weighted by molar-refractivity contribution is -0.112. The summed E-state index contributed by atoms with van der Waals surface area (Å²) in [5.41, 5.74) is 3.18. The molecule has 0 aromatic heterocycles. The Kier molecular flexibility index (Phi) is 9.62. The smallest absolute Gasteiger partial charge is 0.266 e. The second kappa shape index (κ2) is 12.6. The van der Waals surface area contributed by atoms with Crippen molar-refractivity contribution in [2.45, 2.75) is 26.9 Å². The Labute approximate surface area is 223 Å². The van der Waals surface area contributed by atoms with E-state index >= 15 is 0 Å². The highest BCUT2D eigenvalue weighted by Crippen LogP contribution is 2.36. The molecule has 0 aliphatic rings. The minimum atomic E-state index is -0.499. The molecule has 0 unspecified atom stereocenters. The van der Waals surface area contributed by atoms with Crippen LogP contribution in [0.15, 0.2) is 64.6 Å². The van der Waals surface area contributed by atoms with E-state index in [4.69, 9.17) is 32.7 Å². The fraction of sp³-hybridized carbons (Fsp3) is 0.185. The predicted molar refractivity (Wildman–Crippen MR) is 144 cm³/mol. The maximum absolute atomic E-state index is 12.7. The monoisotopic (exact) mass is 572 g/mol. The molecule has 180 valence electrons. The summed E-state index contributed by atoms with van der Waals surface area (Å²) >= 11 is 15.6. The number of anilines is 1. The van der Waals surface area contributed by atoms with Crippen molar-refractivity contribution in [1.29, 1.82) is 5.26 Å². The van der Waals surface area contributed by atoms with E-state index in [1.165, 1.54) is 6.08 Å². The summed E-state index contributed by atoms with van der Waals surface area (Å²) in [7, 11) is 0. The van der Waals surface area contributed by atoms with Crippen molar-refractivity contribution >= 4 is 56.8 Å². The number of nitrogens with one attached hydrogen (secondary N) is 1. The first kappa shape index (κ1) is 26.6. The number of nitriles is 1. The van der Waals surface area contributed by atoms with Gasteiger partial charge in [-0.15, -0.1) is 0 Å². The number of halogens is 3. The molecule has 3 aromatic rings. The molecule has 0 aliphatic heterocycles. The first-order valence-electron chi connectivity index (χ1n) is 10.9. The Balaban J connectivity index is 1.82. The van der Waals surface area contributed by atoms with Crippen molar-refractivity contribution in [3.05, 3.63) is 91.4 Å². The summed E-state index contributed by atoms with van der Waals surface area (Å²) < 4.78 is 12.3. The molecule has 1 amide bonds. The number of hydrogen-bond donors (Lipinski definition) is 1. The maximum Gasteiger partial charge on any atom is 0.266 e. The van der Waals surface area contributed by atoms with Gasteiger partial charge in [-0.25, -0.2) is 0 Å². The van der Waals surface area contributed by atoms with Gasteiger partial charge in [0.15, 0.2) is 11.5 Å². The molecule has 35 heavy (non-hydrogen) atoms. The number of amides is 1. The molecule has 3 aromatic carbocycles. The summed E-state index contributed by atoms with van der Waals surface area (Å²) in [5.74, 6) is 0.484. The van der Waals surface area contributed by atoms with Crippen LogP contribution in [-0.4, -0.2) is 12.5 Å². The number of benzene rings is 3. The first-order valence-corrected chi connectivity index (χ1v) is 12.4. The van der Waals surface area contributed by atoms with Gasteiger partial charge in [0.2, 0.25) is 0 Å². The lowest BCUT2D eigenvalue weighted by atomic mass is 10.1. The topological polar surface area (TPSA) is 71.3 Å². The average Bonchev–Trinajstić information content (AvgIpc) is 2.85. The van der Waals surface area contributed by atoms with Gasteiger partial charge in [-0.2, -0.15) is 5.26 Å². The van der Waals surface area contributed by atoms with Gasteiger partial charge in [0.1, 0.15) is 18.2 Å². The number of carbonyl (C=O) groups excluding carboxylic acids is 1. The summed E-state index contributed by atoms with van der Waals surface area (Å²) in [6.07, 6.45) is 2.41. The third kappa shape index (κ3) is 7.25. The normalized spacial score (nSPS) is 11.0. The standard InChI is InChI=1S/C27H23BrCl2N2O3/c1-3-17-5-8-21(9-6-17)32-27(33)20(15-31)12-19-13-25(34-4-2)26(14-22(19)28)35-16-18-7-10-23(29)24(30)11-18/h5-14H,3-4,16H2,1-2H3,(H,32,33)/b20-12+. The molecule has 1 N–H and O–H groups in total. The van der Waals surface area contributed by atoms with Gasteiger partial charge < -0.3 is 14.8 Å². The zero-order chi connectivity index (χ0) is 25.4. The molecule has 0 saturated heterocycles. The Morgan fingerprint density at radius 1 is 1.00 bits per heavy atom.